The van der Waals surface area contributed by atoms with Crippen LogP contribution in [0, 0.1) is 32.1 Å². The lowest BCUT2D eigenvalue weighted by Gasteiger charge is -2.19. The molecule has 0 saturated heterocycles. The Balaban J connectivity index is 1.85. The van der Waals surface area contributed by atoms with Crippen LogP contribution < -0.4 is 10.6 Å². The number of anilines is 1. The van der Waals surface area contributed by atoms with Crippen molar-refractivity contribution >= 4 is 11.6 Å². The van der Waals surface area contributed by atoms with E-state index in [0.717, 1.165) is 33.5 Å². The summed E-state index contributed by atoms with van der Waals surface area (Å²) >= 11 is 0. The van der Waals surface area contributed by atoms with Gasteiger partial charge in [-0.05, 0) is 43.0 Å². The summed E-state index contributed by atoms with van der Waals surface area (Å²) < 4.78 is 0. The summed E-state index contributed by atoms with van der Waals surface area (Å²) in [7, 11) is 0. The van der Waals surface area contributed by atoms with Gasteiger partial charge in [-0.25, -0.2) is 0 Å². The first-order chi connectivity index (χ1) is 14.5. The number of rotatable bonds is 6. The van der Waals surface area contributed by atoms with Gasteiger partial charge in [0.25, 0.3) is 5.91 Å². The Bertz CT molecular complexity index is 1030. The SMILES string of the molecule is Cc1cc(C)c(NC(=O)/C(C#N)=C\NC(c2ccccc2)c2ccccc2)c(C)c1. The lowest BCUT2D eigenvalue weighted by Crippen LogP contribution is -2.21. The molecular weight excluding hydrogens is 370 g/mol. The van der Waals surface area contributed by atoms with Crippen molar-refractivity contribution in [2.75, 3.05) is 5.32 Å². The molecule has 0 spiro atoms. The van der Waals surface area contributed by atoms with Gasteiger partial charge in [-0.1, -0.05) is 78.4 Å². The van der Waals surface area contributed by atoms with E-state index in [9.17, 15) is 10.1 Å². The van der Waals surface area contributed by atoms with E-state index in [4.69, 9.17) is 0 Å². The molecule has 3 rings (SSSR count). The maximum Gasteiger partial charge on any atom is 0.267 e. The average molecular weight is 396 g/mol. The molecule has 0 bridgehead atoms. The van der Waals surface area contributed by atoms with Crippen LogP contribution in [0.4, 0.5) is 5.69 Å². The number of amides is 1. The lowest BCUT2D eigenvalue weighted by atomic mass is 9.99. The van der Waals surface area contributed by atoms with Crippen LogP contribution in [0.5, 0.6) is 0 Å². The zero-order valence-electron chi connectivity index (χ0n) is 17.4. The molecule has 30 heavy (non-hydrogen) atoms. The van der Waals surface area contributed by atoms with E-state index in [-0.39, 0.29) is 11.6 Å². The van der Waals surface area contributed by atoms with Crippen molar-refractivity contribution in [3.05, 3.63) is 112 Å². The Hall–Kier alpha value is -3.84. The molecule has 0 heterocycles. The normalized spacial score (nSPS) is 11.1. The van der Waals surface area contributed by atoms with Crippen LogP contribution in [0.3, 0.4) is 0 Å². The summed E-state index contributed by atoms with van der Waals surface area (Å²) in [6.07, 6.45) is 1.50. The average Bonchev–Trinajstić information content (AvgIpc) is 2.75. The number of carbonyl (C=O) groups is 1. The Morgan fingerprint density at radius 1 is 0.900 bits per heavy atom. The number of nitrogens with one attached hydrogen (secondary N) is 2. The Kier molecular flexibility index (Phi) is 6.67. The van der Waals surface area contributed by atoms with Crippen LogP contribution in [0.25, 0.3) is 0 Å². The molecule has 0 atom stereocenters. The van der Waals surface area contributed by atoms with Gasteiger partial charge >= 0.3 is 0 Å². The minimum Gasteiger partial charge on any atom is -0.379 e. The molecule has 1 amide bonds. The highest BCUT2D eigenvalue weighted by Crippen LogP contribution is 2.24. The number of aryl methyl sites for hydroxylation is 3. The standard InChI is InChI=1S/C26H25N3O/c1-18-14-19(2)24(20(3)15-18)29-26(30)23(16-27)17-28-25(21-10-6-4-7-11-21)22-12-8-5-9-13-22/h4-15,17,25,28H,1-3H3,(H,29,30)/b23-17-. The van der Waals surface area contributed by atoms with Crippen LogP contribution in [0.15, 0.2) is 84.6 Å². The molecule has 3 aromatic carbocycles. The first kappa shape index (κ1) is 20.9. The quantitative estimate of drug-likeness (QED) is 0.437. The molecule has 0 aliphatic rings. The van der Waals surface area contributed by atoms with E-state index in [0.29, 0.717) is 0 Å². The molecule has 0 aliphatic heterocycles. The molecule has 0 aliphatic carbocycles. The van der Waals surface area contributed by atoms with Crippen LogP contribution in [0.2, 0.25) is 0 Å². The molecule has 0 saturated carbocycles. The molecule has 0 unspecified atom stereocenters. The summed E-state index contributed by atoms with van der Waals surface area (Å²) in [4.78, 5) is 12.8. The highest BCUT2D eigenvalue weighted by atomic mass is 16.1. The van der Waals surface area contributed by atoms with E-state index in [2.05, 4.69) is 10.6 Å². The number of nitrogens with zero attached hydrogens (tertiary/aromatic N) is 1. The van der Waals surface area contributed by atoms with Crippen LogP contribution >= 0.6 is 0 Å². The van der Waals surface area contributed by atoms with Crippen molar-refractivity contribution in [2.24, 2.45) is 0 Å². The number of hydrogen-bond donors (Lipinski definition) is 2. The van der Waals surface area contributed by atoms with Gasteiger partial charge in [0.15, 0.2) is 0 Å². The second-order valence-electron chi connectivity index (χ2n) is 7.32. The van der Waals surface area contributed by atoms with Gasteiger partial charge in [0.05, 0.1) is 6.04 Å². The van der Waals surface area contributed by atoms with Crippen LogP contribution in [0.1, 0.15) is 33.9 Å². The third-order valence-electron chi connectivity index (χ3n) is 4.94. The predicted octanol–water partition coefficient (Wildman–Crippen LogP) is 5.34. The third kappa shape index (κ3) is 4.95. The first-order valence-electron chi connectivity index (χ1n) is 9.85. The van der Waals surface area contributed by atoms with E-state index < -0.39 is 5.91 Å². The monoisotopic (exact) mass is 395 g/mol. The van der Waals surface area contributed by atoms with E-state index >= 15 is 0 Å². The molecule has 4 nitrogen and oxygen atoms in total. The predicted molar refractivity (Wildman–Crippen MR) is 121 cm³/mol. The zero-order chi connectivity index (χ0) is 21.5. The molecule has 150 valence electrons. The van der Waals surface area contributed by atoms with Gasteiger partial charge in [0, 0.05) is 11.9 Å². The summed E-state index contributed by atoms with van der Waals surface area (Å²) in [6.45, 7) is 5.92. The van der Waals surface area contributed by atoms with Crippen molar-refractivity contribution in [3.63, 3.8) is 0 Å². The largest absolute Gasteiger partial charge is 0.379 e. The van der Waals surface area contributed by atoms with Gasteiger partial charge < -0.3 is 10.6 Å². The molecular formula is C26H25N3O. The number of hydrogen-bond acceptors (Lipinski definition) is 3. The fraction of sp³-hybridized carbons (Fsp3) is 0.154. The third-order valence-corrected chi connectivity index (χ3v) is 4.94. The number of nitriles is 1. The van der Waals surface area contributed by atoms with Gasteiger partial charge in [-0.3, -0.25) is 4.79 Å². The summed E-state index contributed by atoms with van der Waals surface area (Å²) in [5.74, 6) is -0.431. The van der Waals surface area contributed by atoms with Gasteiger partial charge in [0.2, 0.25) is 0 Å². The smallest absolute Gasteiger partial charge is 0.267 e. The van der Waals surface area contributed by atoms with E-state index in [1.807, 2.05) is 99.6 Å². The van der Waals surface area contributed by atoms with Gasteiger partial charge in [0.1, 0.15) is 11.6 Å². The van der Waals surface area contributed by atoms with Gasteiger partial charge in [-0.15, -0.1) is 0 Å². The van der Waals surface area contributed by atoms with Crippen LogP contribution in [-0.4, -0.2) is 5.91 Å². The fourth-order valence-corrected chi connectivity index (χ4v) is 3.55. The van der Waals surface area contributed by atoms with Crippen LogP contribution in [-0.2, 0) is 4.79 Å². The maximum absolute atomic E-state index is 12.8. The van der Waals surface area contributed by atoms with Crippen molar-refractivity contribution in [3.8, 4) is 6.07 Å². The second kappa shape index (κ2) is 9.58. The topological polar surface area (TPSA) is 64.9 Å². The molecule has 0 radical (unpaired) electrons. The second-order valence-corrected chi connectivity index (χ2v) is 7.32. The van der Waals surface area contributed by atoms with E-state index in [1.54, 1.807) is 0 Å². The lowest BCUT2D eigenvalue weighted by molar-refractivity contribution is -0.112. The number of benzene rings is 3. The molecule has 0 fully saturated rings. The van der Waals surface area contributed by atoms with Crippen molar-refractivity contribution in [1.29, 1.82) is 5.26 Å². The van der Waals surface area contributed by atoms with Crippen molar-refractivity contribution in [1.82, 2.24) is 5.32 Å². The Morgan fingerprint density at radius 2 is 1.40 bits per heavy atom. The van der Waals surface area contributed by atoms with E-state index in [1.165, 1.54) is 6.20 Å². The number of carbonyl (C=O) groups excluding carboxylic acids is 1. The maximum atomic E-state index is 12.8. The Morgan fingerprint density at radius 3 is 1.87 bits per heavy atom. The highest BCUT2D eigenvalue weighted by Gasteiger charge is 2.16. The Labute approximate surface area is 177 Å². The highest BCUT2D eigenvalue weighted by molar-refractivity contribution is 6.07. The minimum absolute atomic E-state index is 0.0197. The minimum atomic E-state index is -0.431. The zero-order valence-corrected chi connectivity index (χ0v) is 17.4. The summed E-state index contributed by atoms with van der Waals surface area (Å²) in [6, 6.07) is 25.7. The summed E-state index contributed by atoms with van der Waals surface area (Å²) in [5, 5.41) is 15.7. The van der Waals surface area contributed by atoms with Crippen molar-refractivity contribution < 1.29 is 4.79 Å². The fourth-order valence-electron chi connectivity index (χ4n) is 3.55. The van der Waals surface area contributed by atoms with Gasteiger partial charge in [-0.2, -0.15) is 5.26 Å². The molecule has 0 aromatic heterocycles. The molecule has 2 N–H and O–H groups in total. The first-order valence-corrected chi connectivity index (χ1v) is 9.85. The summed E-state index contributed by atoms with van der Waals surface area (Å²) in [5.41, 5.74) is 5.93. The molecule has 3 aromatic rings. The van der Waals surface area contributed by atoms with Crippen molar-refractivity contribution in [2.45, 2.75) is 26.8 Å². The molecule has 4 heteroatoms.